The molecule has 0 saturated heterocycles. The highest BCUT2D eigenvalue weighted by Crippen LogP contribution is 2.57. The van der Waals surface area contributed by atoms with Gasteiger partial charge in [-0.25, -0.2) is 4.39 Å². The SMILES string of the molecule is OCC12CCC(F)(CC1)C2. The highest BCUT2D eigenvalue weighted by molar-refractivity contribution is 5.05. The Morgan fingerprint density at radius 3 is 2.00 bits per heavy atom. The molecule has 0 amide bonds. The number of rotatable bonds is 1. The summed E-state index contributed by atoms with van der Waals surface area (Å²) in [6.45, 7) is 0.193. The smallest absolute Gasteiger partial charge is 0.111 e. The molecule has 10 heavy (non-hydrogen) atoms. The van der Waals surface area contributed by atoms with Crippen LogP contribution in [0.25, 0.3) is 0 Å². The Morgan fingerprint density at radius 2 is 1.80 bits per heavy atom. The van der Waals surface area contributed by atoms with Crippen LogP contribution in [0.15, 0.2) is 0 Å². The second kappa shape index (κ2) is 1.73. The highest BCUT2D eigenvalue weighted by Gasteiger charge is 2.54. The van der Waals surface area contributed by atoms with Crippen molar-refractivity contribution in [2.75, 3.05) is 6.61 Å². The number of alkyl halides is 1. The van der Waals surface area contributed by atoms with Crippen molar-refractivity contribution in [2.24, 2.45) is 5.41 Å². The molecule has 0 heterocycles. The topological polar surface area (TPSA) is 20.2 Å². The Bertz CT molecular complexity index is 147. The molecule has 0 radical (unpaired) electrons. The van der Waals surface area contributed by atoms with E-state index < -0.39 is 5.67 Å². The van der Waals surface area contributed by atoms with Crippen LogP contribution in [0.2, 0.25) is 0 Å². The summed E-state index contributed by atoms with van der Waals surface area (Å²) in [5.41, 5.74) is -0.891. The van der Waals surface area contributed by atoms with Crippen LogP contribution in [0.3, 0.4) is 0 Å². The Labute approximate surface area is 60.2 Å². The third kappa shape index (κ3) is 0.715. The van der Waals surface area contributed by atoms with Crippen LogP contribution in [0.4, 0.5) is 4.39 Å². The minimum Gasteiger partial charge on any atom is -0.396 e. The normalized spacial score (nSPS) is 52.2. The van der Waals surface area contributed by atoms with E-state index in [2.05, 4.69) is 0 Å². The monoisotopic (exact) mass is 144 g/mol. The van der Waals surface area contributed by atoms with E-state index in [-0.39, 0.29) is 12.0 Å². The van der Waals surface area contributed by atoms with E-state index in [4.69, 9.17) is 5.11 Å². The van der Waals surface area contributed by atoms with Crippen molar-refractivity contribution in [1.29, 1.82) is 0 Å². The van der Waals surface area contributed by atoms with Gasteiger partial charge in [0.05, 0.1) is 0 Å². The van der Waals surface area contributed by atoms with Crippen LogP contribution < -0.4 is 0 Å². The molecule has 0 aliphatic heterocycles. The van der Waals surface area contributed by atoms with Crippen LogP contribution in [0.1, 0.15) is 32.1 Å². The lowest BCUT2D eigenvalue weighted by Crippen LogP contribution is -2.18. The molecule has 0 spiro atoms. The van der Waals surface area contributed by atoms with Crippen molar-refractivity contribution in [1.82, 2.24) is 0 Å². The number of halogens is 1. The van der Waals surface area contributed by atoms with Gasteiger partial charge in [0.15, 0.2) is 0 Å². The average molecular weight is 144 g/mol. The largest absolute Gasteiger partial charge is 0.396 e. The van der Waals surface area contributed by atoms with Gasteiger partial charge in [0, 0.05) is 6.61 Å². The summed E-state index contributed by atoms with van der Waals surface area (Å²) in [7, 11) is 0. The van der Waals surface area contributed by atoms with Gasteiger partial charge in [-0.2, -0.15) is 0 Å². The lowest BCUT2D eigenvalue weighted by Gasteiger charge is -2.22. The van der Waals surface area contributed by atoms with Crippen LogP contribution >= 0.6 is 0 Å². The van der Waals surface area contributed by atoms with Gasteiger partial charge in [0.1, 0.15) is 5.67 Å². The molecule has 2 bridgehead atoms. The summed E-state index contributed by atoms with van der Waals surface area (Å²) >= 11 is 0. The summed E-state index contributed by atoms with van der Waals surface area (Å²) in [4.78, 5) is 0. The first kappa shape index (κ1) is 6.59. The molecule has 0 aromatic rings. The van der Waals surface area contributed by atoms with Crippen LogP contribution in [0.5, 0.6) is 0 Å². The highest BCUT2D eigenvalue weighted by atomic mass is 19.1. The standard InChI is InChI=1S/C8H13FO/c9-8-3-1-7(5-8,6-10)2-4-8/h10H,1-6H2. The van der Waals surface area contributed by atoms with E-state index in [1.807, 2.05) is 0 Å². The van der Waals surface area contributed by atoms with Crippen molar-refractivity contribution >= 4 is 0 Å². The molecule has 2 rings (SSSR count). The quantitative estimate of drug-likeness (QED) is 0.593. The van der Waals surface area contributed by atoms with E-state index in [0.717, 1.165) is 12.8 Å². The molecule has 2 heteroatoms. The van der Waals surface area contributed by atoms with Crippen molar-refractivity contribution in [3.05, 3.63) is 0 Å². The molecule has 58 valence electrons. The van der Waals surface area contributed by atoms with E-state index in [0.29, 0.717) is 19.3 Å². The zero-order valence-electron chi connectivity index (χ0n) is 6.07. The lowest BCUT2D eigenvalue weighted by atomic mass is 9.85. The molecule has 0 atom stereocenters. The molecule has 1 nitrogen and oxygen atoms in total. The summed E-state index contributed by atoms with van der Waals surface area (Å²) in [6.07, 6.45) is 3.80. The summed E-state index contributed by atoms with van der Waals surface area (Å²) in [6, 6.07) is 0. The van der Waals surface area contributed by atoms with E-state index in [1.165, 1.54) is 0 Å². The van der Waals surface area contributed by atoms with Crippen LogP contribution in [-0.4, -0.2) is 17.4 Å². The Balaban J connectivity index is 2.19. The number of hydrogen-bond acceptors (Lipinski definition) is 1. The summed E-state index contributed by atoms with van der Waals surface area (Å²) in [5.74, 6) is 0. The summed E-state index contributed by atoms with van der Waals surface area (Å²) in [5, 5.41) is 8.99. The zero-order chi connectivity index (χ0) is 7.24. The van der Waals surface area contributed by atoms with Gasteiger partial charge in [-0.1, -0.05) is 0 Å². The Hall–Kier alpha value is -0.110. The van der Waals surface area contributed by atoms with Crippen molar-refractivity contribution < 1.29 is 9.50 Å². The molecule has 0 aromatic heterocycles. The number of fused-ring (bicyclic) bond motifs is 2. The average Bonchev–Trinajstić information content (AvgIpc) is 2.42. The zero-order valence-corrected chi connectivity index (χ0v) is 6.07. The van der Waals surface area contributed by atoms with Crippen molar-refractivity contribution in [3.63, 3.8) is 0 Å². The van der Waals surface area contributed by atoms with E-state index in [1.54, 1.807) is 0 Å². The molecule has 2 aliphatic carbocycles. The predicted molar refractivity (Wildman–Crippen MR) is 36.4 cm³/mol. The third-order valence-electron chi connectivity index (χ3n) is 3.23. The first-order chi connectivity index (χ1) is 4.68. The second-order valence-corrected chi connectivity index (χ2v) is 3.99. The fraction of sp³-hybridized carbons (Fsp3) is 1.00. The minimum absolute atomic E-state index is 0.00521. The van der Waals surface area contributed by atoms with Crippen LogP contribution in [0, 0.1) is 5.41 Å². The number of aliphatic hydroxyl groups excluding tert-OH is 1. The second-order valence-electron chi connectivity index (χ2n) is 3.99. The van der Waals surface area contributed by atoms with Gasteiger partial charge < -0.3 is 5.11 Å². The van der Waals surface area contributed by atoms with Crippen molar-refractivity contribution in [3.8, 4) is 0 Å². The van der Waals surface area contributed by atoms with Gasteiger partial charge in [-0.15, -0.1) is 0 Å². The molecule has 2 fully saturated rings. The molecule has 0 aromatic carbocycles. The van der Waals surface area contributed by atoms with Gasteiger partial charge >= 0.3 is 0 Å². The fourth-order valence-electron chi connectivity index (χ4n) is 2.47. The maximum Gasteiger partial charge on any atom is 0.111 e. The van der Waals surface area contributed by atoms with Crippen molar-refractivity contribution in [2.45, 2.75) is 37.8 Å². The first-order valence-electron chi connectivity index (χ1n) is 3.98. The first-order valence-corrected chi connectivity index (χ1v) is 3.98. The minimum atomic E-state index is -0.886. The molecule has 2 aliphatic rings. The lowest BCUT2D eigenvalue weighted by molar-refractivity contribution is 0.133. The van der Waals surface area contributed by atoms with Gasteiger partial charge in [-0.3, -0.25) is 0 Å². The number of hydrogen-bond donors (Lipinski definition) is 1. The maximum absolute atomic E-state index is 13.4. The molecule has 0 unspecified atom stereocenters. The molecular weight excluding hydrogens is 131 g/mol. The third-order valence-corrected chi connectivity index (χ3v) is 3.23. The molecule has 1 N–H and O–H groups in total. The van der Waals surface area contributed by atoms with Gasteiger partial charge in [0.2, 0.25) is 0 Å². The van der Waals surface area contributed by atoms with Gasteiger partial charge in [-0.05, 0) is 37.5 Å². The van der Waals surface area contributed by atoms with E-state index >= 15 is 0 Å². The molecular formula is C8H13FO. The maximum atomic E-state index is 13.4. The fourth-order valence-corrected chi connectivity index (χ4v) is 2.47. The molecule has 2 saturated carbocycles. The Morgan fingerprint density at radius 1 is 1.20 bits per heavy atom. The summed E-state index contributed by atoms with van der Waals surface area (Å²) < 4.78 is 13.4. The number of aliphatic hydroxyl groups is 1. The van der Waals surface area contributed by atoms with Gasteiger partial charge in [0.25, 0.3) is 0 Å². The van der Waals surface area contributed by atoms with Crippen LogP contribution in [-0.2, 0) is 0 Å². The Kier molecular flexibility index (Phi) is 1.14. The van der Waals surface area contributed by atoms with E-state index in [9.17, 15) is 4.39 Å². The predicted octanol–water partition coefficient (Wildman–Crippen LogP) is 1.65.